The van der Waals surface area contributed by atoms with E-state index in [0.29, 0.717) is 0 Å². The second kappa shape index (κ2) is 9.07. The Kier molecular flexibility index (Phi) is 21.9. The van der Waals surface area contributed by atoms with E-state index in [4.69, 9.17) is 0 Å². The van der Waals surface area contributed by atoms with E-state index in [1.165, 1.54) is 12.7 Å². The summed E-state index contributed by atoms with van der Waals surface area (Å²) in [6.07, 6.45) is 0. The van der Waals surface area contributed by atoms with Gasteiger partial charge in [0.1, 0.15) is 0 Å². The maximum atomic E-state index is 3.45. The molecule has 0 rings (SSSR count). The van der Waals surface area contributed by atoms with Crippen LogP contribution in [0.4, 0.5) is 0 Å². The standard InChI is InChI=1S/BH2.Co.Fe.Pr/h1H2;;;/q+1;-1;;. The van der Waals surface area contributed by atoms with Crippen LogP contribution in [0.3, 0.4) is 0 Å². The Morgan fingerprint density at radius 3 is 1.75 bits per heavy atom. The molecule has 0 heterocycles. The summed E-state index contributed by atoms with van der Waals surface area (Å²) < 4.78 is 0. The Bertz CT molecular complexity index is 8.00. The molecule has 0 aromatic heterocycles. The molecule has 0 fully saturated rings. The van der Waals surface area contributed by atoms with Crippen molar-refractivity contribution in [1.82, 2.24) is 0 Å². The molecule has 0 saturated carbocycles. The van der Waals surface area contributed by atoms with Crippen molar-refractivity contribution in [2.45, 2.75) is 0 Å². The van der Waals surface area contributed by atoms with Crippen LogP contribution in [0.1, 0.15) is 0 Å². The van der Waals surface area contributed by atoms with Gasteiger partial charge < -0.3 is 0 Å². The zero-order valence-electron chi connectivity index (χ0n) is 2.26. The fourth-order valence-electron chi connectivity index (χ4n) is 0. The molecule has 0 saturated heterocycles. The smallest absolute Gasteiger partial charge is 0 e. The van der Waals surface area contributed by atoms with Crippen LogP contribution in [0.5, 0.6) is 0 Å². The van der Waals surface area contributed by atoms with Gasteiger partial charge in [0.2, 0.25) is 0 Å². The van der Waals surface area contributed by atoms with Gasteiger partial charge in [-0.3, -0.25) is 0 Å². The third kappa shape index (κ3) is 8.82. The average molecular weight is 269 g/mol. The van der Waals surface area contributed by atoms with E-state index in [0.717, 1.165) is 0 Å². The molecule has 0 aliphatic carbocycles. The monoisotopic (exact) mass is 269 g/mol. The number of rotatable bonds is 0. The van der Waals surface area contributed by atoms with Crippen LogP contribution >= 0.6 is 0 Å². The molecular weight excluding hydrogens is 266 g/mol. The molecule has 0 unspecified atom stereocenters. The molecule has 25 valence electrons. The minimum Gasteiger partial charge on any atom is 0 e. The summed E-state index contributed by atoms with van der Waals surface area (Å²) in [7, 11) is 0. The Morgan fingerprint density at radius 1 is 1.75 bits per heavy atom. The van der Waals surface area contributed by atoms with Crippen LogP contribution < -0.4 is 0 Å². The summed E-state index contributed by atoms with van der Waals surface area (Å²) in [5.74, 6) is 0. The third-order valence-corrected chi connectivity index (χ3v) is 0. The van der Waals surface area contributed by atoms with Gasteiger partial charge in [-0.2, -0.15) is 0 Å². The van der Waals surface area contributed by atoms with Crippen LogP contribution in [0.2, 0.25) is 0 Å². The first-order chi connectivity index (χ1) is 1.41. The van der Waals surface area contributed by atoms with Crippen LogP contribution in [0, 0.1) is 41.3 Å². The van der Waals surface area contributed by atoms with Gasteiger partial charge in [-0.1, -0.05) is 0 Å². The minimum atomic E-state index is 0. The van der Waals surface area contributed by atoms with E-state index in [-0.39, 0.29) is 41.3 Å². The summed E-state index contributed by atoms with van der Waals surface area (Å²) in [6.45, 7) is 1.98. The van der Waals surface area contributed by atoms with Crippen LogP contribution in [0.15, 0.2) is 0 Å². The molecule has 0 amide bonds. The topological polar surface area (TPSA) is 0 Å². The first-order valence-corrected chi connectivity index (χ1v) is 3.38. The van der Waals surface area contributed by atoms with E-state index in [2.05, 4.69) is 14.2 Å². The van der Waals surface area contributed by atoms with Crippen molar-refractivity contribution in [3.8, 4) is 0 Å². The van der Waals surface area contributed by atoms with Gasteiger partial charge >= 0.3 is 33.7 Å². The SMILES string of the molecule is [BH2][Co][Fe].[Pr]. The molecule has 0 atom stereocenters. The predicted octanol–water partition coefficient (Wildman–Crippen LogP) is -0.921. The first-order valence-electron chi connectivity index (χ1n) is 0.451. The molecule has 0 N–H and O–H groups in total. The average Bonchev–Trinajstić information content (AvgIpc) is 0.918. The maximum absolute atomic E-state index is 3.45. The Hall–Kier alpha value is 2.45. The third-order valence-electron chi connectivity index (χ3n) is 0. The van der Waals surface area contributed by atoms with E-state index in [9.17, 15) is 0 Å². The van der Waals surface area contributed by atoms with Crippen molar-refractivity contribution in [2.75, 3.05) is 0 Å². The van der Waals surface area contributed by atoms with Crippen molar-refractivity contribution in [2.24, 2.45) is 0 Å². The van der Waals surface area contributed by atoms with Crippen LogP contribution in [0.25, 0.3) is 0 Å². The largest absolute Gasteiger partial charge is 0 e. The first kappa shape index (κ1) is 9.68. The molecule has 4 heavy (non-hydrogen) atoms. The summed E-state index contributed by atoms with van der Waals surface area (Å²) in [4.78, 5) is 0. The van der Waals surface area contributed by atoms with Crippen LogP contribution in [-0.2, 0) is 27.0 Å². The molecular formula is H2BCoFePr. The summed E-state index contributed by atoms with van der Waals surface area (Å²) >= 11 is 4.64. The Balaban J connectivity index is 0. The molecule has 0 aliphatic heterocycles. The van der Waals surface area contributed by atoms with E-state index >= 15 is 0 Å². The second-order valence-electron chi connectivity index (χ2n) is 0.118. The van der Waals surface area contributed by atoms with E-state index in [1.54, 1.807) is 0 Å². The van der Waals surface area contributed by atoms with Crippen molar-refractivity contribution in [3.05, 3.63) is 0 Å². The zero-order valence-corrected chi connectivity index (χ0v) is 8.11. The number of hydrogen-bond acceptors (Lipinski definition) is 0. The zero-order chi connectivity index (χ0) is 2.71. The molecule has 1 radical (unpaired) electrons. The summed E-state index contributed by atoms with van der Waals surface area (Å²) in [5, 5.41) is 0. The number of hydrogen-bond donors (Lipinski definition) is 0. The quantitative estimate of drug-likeness (QED) is 0.499. The molecule has 0 nitrogen and oxygen atoms in total. The van der Waals surface area contributed by atoms with Crippen LogP contribution in [-0.4, -0.2) is 6.70 Å². The Labute approximate surface area is 73.5 Å². The molecule has 0 spiro atoms. The Morgan fingerprint density at radius 2 is 1.75 bits per heavy atom. The molecule has 0 bridgehead atoms. The second-order valence-corrected chi connectivity index (χ2v) is 2.00. The van der Waals surface area contributed by atoms with Gasteiger partial charge in [0.25, 0.3) is 0 Å². The summed E-state index contributed by atoms with van der Waals surface area (Å²) in [5.41, 5.74) is 0. The summed E-state index contributed by atoms with van der Waals surface area (Å²) in [6, 6.07) is 0. The van der Waals surface area contributed by atoms with Gasteiger partial charge in [0.15, 0.2) is 0 Å². The molecule has 0 aromatic rings. The van der Waals surface area contributed by atoms with E-state index < -0.39 is 0 Å². The predicted molar refractivity (Wildman–Crippen MR) is 8.54 cm³/mol. The van der Waals surface area contributed by atoms with Gasteiger partial charge in [-0.15, -0.1) is 0 Å². The minimum absolute atomic E-state index is 0. The van der Waals surface area contributed by atoms with Gasteiger partial charge in [-0.05, 0) is 0 Å². The fraction of sp³-hybridized carbons (Fsp3) is 0. The fourth-order valence-corrected chi connectivity index (χ4v) is 0. The molecule has 0 aliphatic rings. The van der Waals surface area contributed by atoms with Gasteiger partial charge in [-0.25, -0.2) is 0 Å². The van der Waals surface area contributed by atoms with Crippen molar-refractivity contribution in [3.63, 3.8) is 0 Å². The van der Waals surface area contributed by atoms with Gasteiger partial charge in [0.05, 0.1) is 0 Å². The van der Waals surface area contributed by atoms with E-state index in [1.807, 2.05) is 6.70 Å². The molecule has 0 aromatic carbocycles. The van der Waals surface area contributed by atoms with Gasteiger partial charge in [0, 0.05) is 41.3 Å². The van der Waals surface area contributed by atoms with Crippen molar-refractivity contribution in [1.29, 1.82) is 0 Å². The van der Waals surface area contributed by atoms with Crippen molar-refractivity contribution < 1.29 is 68.3 Å². The molecule has 4 heteroatoms. The normalized spacial score (nSPS) is 5.25. The maximum Gasteiger partial charge on any atom is 0 e. The van der Waals surface area contributed by atoms with Crippen molar-refractivity contribution >= 4 is 6.70 Å².